The maximum Gasteiger partial charge on any atom is 0.224 e. The van der Waals surface area contributed by atoms with Crippen LogP contribution in [-0.2, 0) is 22.4 Å². The van der Waals surface area contributed by atoms with Crippen molar-refractivity contribution in [3.8, 4) is 11.4 Å². The van der Waals surface area contributed by atoms with Crippen LogP contribution in [0.25, 0.3) is 11.4 Å². The third-order valence-corrected chi connectivity index (χ3v) is 5.83. The van der Waals surface area contributed by atoms with E-state index >= 15 is 0 Å². The number of aromatic nitrogens is 2. The fourth-order valence-electron chi connectivity index (χ4n) is 4.34. The van der Waals surface area contributed by atoms with E-state index in [1.807, 2.05) is 30.3 Å². The molecule has 0 unspecified atom stereocenters. The number of aryl methyl sites for hydroxylation is 1. The van der Waals surface area contributed by atoms with E-state index in [0.717, 1.165) is 61.5 Å². The molecular formula is C23H29N5O2. The second-order valence-corrected chi connectivity index (χ2v) is 8.07. The molecule has 0 saturated carbocycles. The Balaban J connectivity index is 1.50. The zero-order valence-corrected chi connectivity index (χ0v) is 17.5. The molecule has 158 valence electrons. The number of hydrogen-bond donors (Lipinski definition) is 2. The lowest BCUT2D eigenvalue weighted by Crippen LogP contribution is -2.45. The highest BCUT2D eigenvalue weighted by Crippen LogP contribution is 2.33. The van der Waals surface area contributed by atoms with Gasteiger partial charge in [-0.1, -0.05) is 30.3 Å². The van der Waals surface area contributed by atoms with E-state index in [9.17, 15) is 9.59 Å². The van der Waals surface area contributed by atoms with Crippen molar-refractivity contribution < 1.29 is 9.59 Å². The Kier molecular flexibility index (Phi) is 6.26. The van der Waals surface area contributed by atoms with Gasteiger partial charge >= 0.3 is 0 Å². The van der Waals surface area contributed by atoms with Crippen LogP contribution in [0.5, 0.6) is 0 Å². The van der Waals surface area contributed by atoms with Crippen LogP contribution < -0.4 is 15.5 Å². The van der Waals surface area contributed by atoms with Gasteiger partial charge in [0.15, 0.2) is 5.82 Å². The van der Waals surface area contributed by atoms with Crippen molar-refractivity contribution in [2.24, 2.45) is 5.92 Å². The number of amides is 2. The number of benzene rings is 1. The molecule has 7 heteroatoms. The largest absolute Gasteiger partial charge is 0.355 e. The van der Waals surface area contributed by atoms with Crippen LogP contribution in [0.1, 0.15) is 37.4 Å². The van der Waals surface area contributed by atoms with Gasteiger partial charge in [0.2, 0.25) is 11.8 Å². The molecule has 1 aromatic heterocycles. The van der Waals surface area contributed by atoms with Crippen molar-refractivity contribution in [1.82, 2.24) is 20.6 Å². The number of hydrogen-bond acceptors (Lipinski definition) is 5. The van der Waals surface area contributed by atoms with Crippen molar-refractivity contribution in [2.75, 3.05) is 31.1 Å². The van der Waals surface area contributed by atoms with Crippen LogP contribution in [0, 0.1) is 5.92 Å². The number of piperidine rings is 1. The lowest BCUT2D eigenvalue weighted by Gasteiger charge is -2.34. The van der Waals surface area contributed by atoms with Crippen molar-refractivity contribution in [3.05, 3.63) is 41.6 Å². The highest BCUT2D eigenvalue weighted by atomic mass is 16.2. The third-order valence-electron chi connectivity index (χ3n) is 5.83. The zero-order chi connectivity index (χ0) is 20.9. The van der Waals surface area contributed by atoms with Crippen LogP contribution in [0.2, 0.25) is 0 Å². The van der Waals surface area contributed by atoms with Crippen molar-refractivity contribution in [1.29, 1.82) is 0 Å². The van der Waals surface area contributed by atoms with Gasteiger partial charge in [-0.25, -0.2) is 9.97 Å². The van der Waals surface area contributed by atoms with E-state index in [2.05, 4.69) is 15.5 Å². The minimum Gasteiger partial charge on any atom is -0.355 e. The summed E-state index contributed by atoms with van der Waals surface area (Å²) in [7, 11) is 0. The Hall–Kier alpha value is -2.96. The van der Waals surface area contributed by atoms with Crippen LogP contribution >= 0.6 is 0 Å². The molecule has 30 heavy (non-hydrogen) atoms. The Morgan fingerprint density at radius 1 is 1.07 bits per heavy atom. The number of nitrogens with one attached hydrogen (secondary N) is 2. The predicted molar refractivity (Wildman–Crippen MR) is 116 cm³/mol. The number of nitrogens with zero attached hydrogens (tertiary/aromatic N) is 3. The summed E-state index contributed by atoms with van der Waals surface area (Å²) < 4.78 is 0. The quantitative estimate of drug-likeness (QED) is 0.716. The summed E-state index contributed by atoms with van der Waals surface area (Å²) >= 11 is 0. The maximum absolute atomic E-state index is 12.7. The molecule has 1 aromatic carbocycles. The average Bonchev–Trinajstić information content (AvgIpc) is 3.25. The molecule has 2 aromatic rings. The van der Waals surface area contributed by atoms with E-state index in [-0.39, 0.29) is 17.7 Å². The van der Waals surface area contributed by atoms with Crippen LogP contribution in [0.4, 0.5) is 5.82 Å². The highest BCUT2D eigenvalue weighted by molar-refractivity contribution is 5.80. The fraction of sp³-hybridized carbons (Fsp3) is 0.478. The van der Waals surface area contributed by atoms with Gasteiger partial charge in [0, 0.05) is 49.9 Å². The number of rotatable bonds is 6. The molecule has 2 N–H and O–H groups in total. The SMILES string of the molecule is CC(=O)NCCNC(=O)[C@@H]1CCCN(c2nc(-c3ccccc3)nc3c2CCC3)C1. The summed E-state index contributed by atoms with van der Waals surface area (Å²) in [5.41, 5.74) is 3.43. The summed E-state index contributed by atoms with van der Waals surface area (Å²) in [5.74, 6) is 1.68. The lowest BCUT2D eigenvalue weighted by molar-refractivity contribution is -0.125. The van der Waals surface area contributed by atoms with E-state index in [1.54, 1.807) is 0 Å². The summed E-state index contributed by atoms with van der Waals surface area (Å²) in [4.78, 5) is 35.7. The van der Waals surface area contributed by atoms with Gasteiger partial charge in [0.05, 0.1) is 5.92 Å². The Labute approximate surface area is 177 Å². The minimum absolute atomic E-state index is 0.0547. The molecule has 1 aliphatic carbocycles. The Morgan fingerprint density at radius 3 is 2.67 bits per heavy atom. The smallest absolute Gasteiger partial charge is 0.224 e. The minimum atomic E-state index is -0.0834. The molecule has 1 atom stereocenters. The van der Waals surface area contributed by atoms with Gasteiger partial charge in [0.25, 0.3) is 0 Å². The van der Waals surface area contributed by atoms with Crippen molar-refractivity contribution >= 4 is 17.6 Å². The predicted octanol–water partition coefficient (Wildman–Crippen LogP) is 2.10. The normalized spacial score (nSPS) is 18.0. The first kappa shape index (κ1) is 20.3. The molecule has 1 aliphatic heterocycles. The maximum atomic E-state index is 12.7. The first-order chi connectivity index (χ1) is 14.6. The topological polar surface area (TPSA) is 87.2 Å². The van der Waals surface area contributed by atoms with Crippen molar-refractivity contribution in [3.63, 3.8) is 0 Å². The molecule has 1 saturated heterocycles. The lowest BCUT2D eigenvalue weighted by atomic mass is 9.96. The van der Waals surface area contributed by atoms with Crippen LogP contribution in [-0.4, -0.2) is 48.0 Å². The van der Waals surface area contributed by atoms with Gasteiger partial charge < -0.3 is 15.5 Å². The average molecular weight is 408 g/mol. The van der Waals surface area contributed by atoms with Gasteiger partial charge in [-0.15, -0.1) is 0 Å². The summed E-state index contributed by atoms with van der Waals surface area (Å²) in [6.07, 6.45) is 4.94. The molecule has 0 spiro atoms. The van der Waals surface area contributed by atoms with Gasteiger partial charge in [0.1, 0.15) is 5.82 Å². The Bertz CT molecular complexity index is 915. The highest BCUT2D eigenvalue weighted by Gasteiger charge is 2.30. The second-order valence-electron chi connectivity index (χ2n) is 8.07. The zero-order valence-electron chi connectivity index (χ0n) is 17.5. The summed E-state index contributed by atoms with van der Waals surface area (Å²) in [5, 5.41) is 5.66. The molecular weight excluding hydrogens is 378 g/mol. The standard InChI is InChI=1S/C23H29N5O2/c1-16(29)24-12-13-25-23(30)18-9-6-14-28(15-18)22-19-10-5-11-20(19)26-21(27-22)17-7-3-2-4-8-17/h2-4,7-8,18H,5-6,9-15H2,1H3,(H,24,29)(H,25,30)/t18-/m1/s1. The fourth-order valence-corrected chi connectivity index (χ4v) is 4.34. The summed E-state index contributed by atoms with van der Waals surface area (Å²) in [6, 6.07) is 10.1. The molecule has 1 fully saturated rings. The van der Waals surface area contributed by atoms with E-state index < -0.39 is 0 Å². The first-order valence-electron chi connectivity index (χ1n) is 10.8. The molecule has 2 aliphatic rings. The molecule has 2 amide bonds. The van der Waals surface area contributed by atoms with Gasteiger partial charge in [-0.3, -0.25) is 9.59 Å². The molecule has 0 bridgehead atoms. The molecule has 4 rings (SSSR count). The van der Waals surface area contributed by atoms with E-state index in [4.69, 9.17) is 9.97 Å². The third kappa shape index (κ3) is 4.61. The number of anilines is 1. The van der Waals surface area contributed by atoms with Crippen LogP contribution in [0.3, 0.4) is 0 Å². The number of fused-ring (bicyclic) bond motifs is 1. The molecule has 0 radical (unpaired) electrons. The van der Waals surface area contributed by atoms with E-state index in [1.165, 1.54) is 12.5 Å². The second kappa shape index (κ2) is 9.24. The van der Waals surface area contributed by atoms with Gasteiger partial charge in [-0.05, 0) is 32.1 Å². The van der Waals surface area contributed by atoms with Crippen LogP contribution in [0.15, 0.2) is 30.3 Å². The first-order valence-corrected chi connectivity index (χ1v) is 10.8. The number of carbonyl (C=O) groups excluding carboxylic acids is 2. The monoisotopic (exact) mass is 407 g/mol. The van der Waals surface area contributed by atoms with Crippen molar-refractivity contribution in [2.45, 2.75) is 39.0 Å². The van der Waals surface area contributed by atoms with E-state index in [0.29, 0.717) is 19.6 Å². The molecule has 7 nitrogen and oxygen atoms in total. The van der Waals surface area contributed by atoms with Gasteiger partial charge in [-0.2, -0.15) is 0 Å². The molecule has 2 heterocycles. The Morgan fingerprint density at radius 2 is 1.87 bits per heavy atom. The number of carbonyl (C=O) groups is 2. The summed E-state index contributed by atoms with van der Waals surface area (Å²) in [6.45, 7) is 3.97.